The molecule has 3 aromatic carbocycles. The Bertz CT molecular complexity index is 1410. The summed E-state index contributed by atoms with van der Waals surface area (Å²) in [6.07, 6.45) is 1.37. The molecule has 1 amide bonds. The number of ether oxygens (including phenoxy) is 2. The number of amides is 1. The highest BCUT2D eigenvalue weighted by Gasteiger charge is 2.27. The summed E-state index contributed by atoms with van der Waals surface area (Å²) in [6.45, 7) is 2.23. The number of carbonyl (C=O) groups is 1. The first-order chi connectivity index (χ1) is 18.0. The quantitative estimate of drug-likeness (QED) is 0.213. The summed E-state index contributed by atoms with van der Waals surface area (Å²) in [6, 6.07) is 13.9. The van der Waals surface area contributed by atoms with E-state index in [1.165, 1.54) is 31.3 Å². The normalized spacial score (nSPS) is 11.2. The maximum atomic E-state index is 13.5. The number of sulfonamides is 1. The molecule has 0 aromatic heterocycles. The maximum absolute atomic E-state index is 13.5. The van der Waals surface area contributed by atoms with Crippen LogP contribution >= 0.6 is 0 Å². The van der Waals surface area contributed by atoms with Gasteiger partial charge in [-0.3, -0.25) is 9.52 Å². The lowest BCUT2D eigenvalue weighted by Gasteiger charge is -2.24. The molecule has 0 aliphatic heterocycles. The van der Waals surface area contributed by atoms with Crippen LogP contribution in [0.2, 0.25) is 0 Å². The van der Waals surface area contributed by atoms with Crippen molar-refractivity contribution in [2.24, 2.45) is 5.73 Å². The van der Waals surface area contributed by atoms with Gasteiger partial charge in [0.05, 0.1) is 33.6 Å². The van der Waals surface area contributed by atoms with Crippen LogP contribution in [0.3, 0.4) is 0 Å². The standard InChI is InChI=1S/C27H33N3O7S/c1-5-18-13-19(14-22(32)30(16-28)15-17-9-7-6-8-10-17)23(27(37-3)26(18)36-2)20-11-12-21(31)24(25(20)33)29-38(4,34)35/h6-13,29,31,33H,5,14-16,28H2,1-4H3. The van der Waals surface area contributed by atoms with E-state index in [1.54, 1.807) is 6.07 Å². The number of phenolic OH excluding ortho intramolecular Hbond substituents is 2. The molecule has 5 N–H and O–H groups in total. The van der Waals surface area contributed by atoms with Gasteiger partial charge in [0.1, 0.15) is 11.4 Å². The van der Waals surface area contributed by atoms with Gasteiger partial charge in [-0.25, -0.2) is 8.42 Å². The summed E-state index contributed by atoms with van der Waals surface area (Å²) < 4.78 is 37.2. The monoisotopic (exact) mass is 543 g/mol. The molecule has 0 spiro atoms. The Morgan fingerprint density at radius 2 is 1.68 bits per heavy atom. The molecule has 38 heavy (non-hydrogen) atoms. The number of nitrogens with zero attached hydrogens (tertiary/aromatic N) is 1. The first-order valence-corrected chi connectivity index (χ1v) is 13.7. The lowest BCUT2D eigenvalue weighted by Crippen LogP contribution is -2.36. The first kappa shape index (κ1) is 28.6. The largest absolute Gasteiger partial charge is 0.506 e. The van der Waals surface area contributed by atoms with Gasteiger partial charge < -0.3 is 30.3 Å². The molecule has 3 rings (SSSR count). The number of aryl methyl sites for hydroxylation is 1. The van der Waals surface area contributed by atoms with Crippen LogP contribution in [-0.4, -0.2) is 56.6 Å². The number of carbonyl (C=O) groups excluding carboxylic acids is 1. The van der Waals surface area contributed by atoms with Crippen LogP contribution in [0.5, 0.6) is 23.0 Å². The van der Waals surface area contributed by atoms with Gasteiger partial charge in [0.15, 0.2) is 17.2 Å². The Labute approximate surface area is 222 Å². The lowest BCUT2D eigenvalue weighted by atomic mass is 9.91. The van der Waals surface area contributed by atoms with Crippen molar-refractivity contribution in [2.45, 2.75) is 26.3 Å². The van der Waals surface area contributed by atoms with Crippen LogP contribution in [0.25, 0.3) is 11.1 Å². The van der Waals surface area contributed by atoms with E-state index in [4.69, 9.17) is 15.2 Å². The third-order valence-electron chi connectivity index (χ3n) is 6.03. The van der Waals surface area contributed by atoms with Crippen LogP contribution < -0.4 is 19.9 Å². The van der Waals surface area contributed by atoms with E-state index >= 15 is 0 Å². The molecule has 11 heteroatoms. The Morgan fingerprint density at radius 1 is 1.03 bits per heavy atom. The molecule has 204 valence electrons. The topological polar surface area (TPSA) is 151 Å². The number of aromatic hydroxyl groups is 2. The number of rotatable bonds is 11. The van der Waals surface area contributed by atoms with E-state index < -0.39 is 27.2 Å². The average molecular weight is 544 g/mol. The number of anilines is 1. The average Bonchev–Trinajstić information content (AvgIpc) is 2.89. The molecule has 0 saturated heterocycles. The highest BCUT2D eigenvalue weighted by Crippen LogP contribution is 2.49. The zero-order chi connectivity index (χ0) is 28.0. The van der Waals surface area contributed by atoms with Gasteiger partial charge in [0.25, 0.3) is 0 Å². The van der Waals surface area contributed by atoms with Crippen LogP contribution in [0.4, 0.5) is 5.69 Å². The molecular formula is C27H33N3O7S. The highest BCUT2D eigenvalue weighted by molar-refractivity contribution is 7.92. The fraction of sp³-hybridized carbons (Fsp3) is 0.296. The van der Waals surface area contributed by atoms with Crippen molar-refractivity contribution in [1.29, 1.82) is 0 Å². The van der Waals surface area contributed by atoms with Gasteiger partial charge in [-0.05, 0) is 35.2 Å². The van der Waals surface area contributed by atoms with Crippen LogP contribution in [0.1, 0.15) is 23.6 Å². The Balaban J connectivity index is 2.20. The summed E-state index contributed by atoms with van der Waals surface area (Å²) in [4.78, 5) is 15.0. The third-order valence-corrected chi connectivity index (χ3v) is 6.60. The van der Waals surface area contributed by atoms with E-state index in [0.29, 0.717) is 29.8 Å². The van der Waals surface area contributed by atoms with Crippen LogP contribution in [0.15, 0.2) is 48.5 Å². The second-order valence-electron chi connectivity index (χ2n) is 8.66. The number of hydrogen-bond donors (Lipinski definition) is 4. The number of benzene rings is 3. The second kappa shape index (κ2) is 12.1. The minimum Gasteiger partial charge on any atom is -0.506 e. The molecule has 0 fully saturated rings. The van der Waals surface area contributed by atoms with Crippen molar-refractivity contribution in [3.63, 3.8) is 0 Å². The molecule has 0 atom stereocenters. The molecule has 0 unspecified atom stereocenters. The summed E-state index contributed by atoms with van der Waals surface area (Å²) >= 11 is 0. The Kier molecular flexibility index (Phi) is 9.08. The molecule has 10 nitrogen and oxygen atoms in total. The number of methoxy groups -OCH3 is 2. The fourth-order valence-electron chi connectivity index (χ4n) is 4.27. The summed E-state index contributed by atoms with van der Waals surface area (Å²) in [5.41, 5.74) is 8.18. The van der Waals surface area contributed by atoms with E-state index in [-0.39, 0.29) is 30.3 Å². The number of phenols is 2. The van der Waals surface area contributed by atoms with E-state index in [9.17, 15) is 23.4 Å². The third kappa shape index (κ3) is 6.29. The van der Waals surface area contributed by atoms with Crippen molar-refractivity contribution in [2.75, 3.05) is 31.9 Å². The smallest absolute Gasteiger partial charge is 0.230 e. The minimum atomic E-state index is -3.83. The van der Waals surface area contributed by atoms with Crippen LogP contribution in [-0.2, 0) is 34.2 Å². The molecule has 3 aromatic rings. The van der Waals surface area contributed by atoms with Crippen molar-refractivity contribution in [1.82, 2.24) is 4.90 Å². The zero-order valence-electron chi connectivity index (χ0n) is 21.8. The molecule has 0 heterocycles. The summed E-state index contributed by atoms with van der Waals surface area (Å²) in [7, 11) is -0.922. The minimum absolute atomic E-state index is 0.0100. The first-order valence-electron chi connectivity index (χ1n) is 11.9. The second-order valence-corrected chi connectivity index (χ2v) is 10.4. The lowest BCUT2D eigenvalue weighted by molar-refractivity contribution is -0.131. The van der Waals surface area contributed by atoms with Crippen molar-refractivity contribution in [3.05, 3.63) is 65.2 Å². The molecule has 0 radical (unpaired) electrons. The molecule has 0 aliphatic rings. The van der Waals surface area contributed by atoms with E-state index in [2.05, 4.69) is 4.72 Å². The summed E-state index contributed by atoms with van der Waals surface area (Å²) in [5, 5.41) is 21.4. The molecule has 0 aliphatic carbocycles. The van der Waals surface area contributed by atoms with E-state index in [0.717, 1.165) is 17.4 Å². The Morgan fingerprint density at radius 3 is 2.24 bits per heavy atom. The number of nitrogens with two attached hydrogens (primary N) is 1. The predicted molar refractivity (Wildman–Crippen MR) is 146 cm³/mol. The van der Waals surface area contributed by atoms with Gasteiger partial charge in [-0.2, -0.15) is 0 Å². The van der Waals surface area contributed by atoms with Gasteiger partial charge in [-0.1, -0.05) is 43.3 Å². The van der Waals surface area contributed by atoms with Gasteiger partial charge >= 0.3 is 0 Å². The molecule has 0 bridgehead atoms. The van der Waals surface area contributed by atoms with Crippen molar-refractivity contribution >= 4 is 21.6 Å². The maximum Gasteiger partial charge on any atom is 0.230 e. The van der Waals surface area contributed by atoms with Gasteiger partial charge in [0.2, 0.25) is 15.9 Å². The van der Waals surface area contributed by atoms with Gasteiger partial charge in [-0.15, -0.1) is 0 Å². The summed E-state index contributed by atoms with van der Waals surface area (Å²) in [5.74, 6) is -0.606. The Hall–Kier alpha value is -3.96. The molecular weight excluding hydrogens is 510 g/mol. The van der Waals surface area contributed by atoms with Crippen LogP contribution in [0, 0.1) is 0 Å². The van der Waals surface area contributed by atoms with Gasteiger partial charge in [0, 0.05) is 17.7 Å². The van der Waals surface area contributed by atoms with Crippen molar-refractivity contribution in [3.8, 4) is 34.1 Å². The highest BCUT2D eigenvalue weighted by atomic mass is 32.2. The number of hydrogen-bond acceptors (Lipinski definition) is 8. The number of nitrogens with one attached hydrogen (secondary N) is 1. The van der Waals surface area contributed by atoms with Crippen molar-refractivity contribution < 1.29 is 32.9 Å². The SMILES string of the molecule is CCc1cc(CC(=O)N(CN)Cc2ccccc2)c(-c2ccc(O)c(NS(C)(=O)=O)c2O)c(OC)c1OC. The zero-order valence-corrected chi connectivity index (χ0v) is 22.6. The van der Waals surface area contributed by atoms with E-state index in [1.807, 2.05) is 37.3 Å². The fourth-order valence-corrected chi connectivity index (χ4v) is 4.84. The molecule has 0 saturated carbocycles. The predicted octanol–water partition coefficient (Wildman–Crippen LogP) is 3.20.